The number of para-hydroxylation sites is 1. The van der Waals surface area contributed by atoms with Crippen LogP contribution in [0.2, 0.25) is 0 Å². The van der Waals surface area contributed by atoms with E-state index in [9.17, 15) is 5.11 Å². The molecule has 1 aromatic rings. The molecule has 0 aliphatic carbocycles. The van der Waals surface area contributed by atoms with Crippen LogP contribution in [-0.2, 0) is 0 Å². The molecule has 4 rings (SSSR count). The SMILES string of the molecule is OCC1CN2CCCCC2C2Nc3ccccc3C12. The maximum absolute atomic E-state index is 9.80. The van der Waals surface area contributed by atoms with E-state index < -0.39 is 0 Å². The van der Waals surface area contributed by atoms with Gasteiger partial charge in [0.1, 0.15) is 0 Å². The van der Waals surface area contributed by atoms with E-state index in [0.29, 0.717) is 30.5 Å². The fourth-order valence-electron chi connectivity index (χ4n) is 4.50. The lowest BCUT2D eigenvalue weighted by atomic mass is 9.74. The predicted molar refractivity (Wildman–Crippen MR) is 76.4 cm³/mol. The Morgan fingerprint density at radius 2 is 2.16 bits per heavy atom. The number of rotatable bonds is 1. The summed E-state index contributed by atoms with van der Waals surface area (Å²) in [7, 11) is 0. The van der Waals surface area contributed by atoms with Crippen LogP contribution in [0, 0.1) is 5.92 Å². The summed E-state index contributed by atoms with van der Waals surface area (Å²) < 4.78 is 0. The fourth-order valence-corrected chi connectivity index (χ4v) is 4.50. The third kappa shape index (κ3) is 1.72. The minimum absolute atomic E-state index is 0.306. The van der Waals surface area contributed by atoms with Crippen molar-refractivity contribution in [3.05, 3.63) is 29.8 Å². The van der Waals surface area contributed by atoms with Crippen molar-refractivity contribution in [2.75, 3.05) is 25.0 Å². The first-order valence-electron chi connectivity index (χ1n) is 7.59. The molecule has 19 heavy (non-hydrogen) atoms. The highest BCUT2D eigenvalue weighted by molar-refractivity contribution is 5.60. The first-order chi connectivity index (χ1) is 9.38. The van der Waals surface area contributed by atoms with Crippen LogP contribution in [0.4, 0.5) is 5.69 Å². The highest BCUT2D eigenvalue weighted by atomic mass is 16.3. The summed E-state index contributed by atoms with van der Waals surface area (Å²) in [5, 5.41) is 13.5. The second-order valence-electron chi connectivity index (χ2n) is 6.28. The molecule has 102 valence electrons. The third-order valence-electron chi connectivity index (χ3n) is 5.32. The summed E-state index contributed by atoms with van der Waals surface area (Å²) >= 11 is 0. The van der Waals surface area contributed by atoms with Gasteiger partial charge in [-0.15, -0.1) is 0 Å². The minimum atomic E-state index is 0.306. The van der Waals surface area contributed by atoms with Crippen molar-refractivity contribution < 1.29 is 5.11 Å². The maximum atomic E-state index is 9.80. The van der Waals surface area contributed by atoms with Gasteiger partial charge in [-0.1, -0.05) is 24.6 Å². The Hall–Kier alpha value is -1.06. The Morgan fingerprint density at radius 3 is 3.05 bits per heavy atom. The van der Waals surface area contributed by atoms with E-state index in [0.717, 1.165) is 6.54 Å². The first-order valence-corrected chi connectivity index (χ1v) is 7.59. The Kier molecular flexibility index (Phi) is 2.78. The number of hydrogen-bond acceptors (Lipinski definition) is 3. The van der Waals surface area contributed by atoms with Gasteiger partial charge in [-0.3, -0.25) is 4.90 Å². The first kappa shape index (κ1) is 11.7. The Morgan fingerprint density at radius 1 is 1.26 bits per heavy atom. The fraction of sp³-hybridized carbons (Fsp3) is 0.625. The van der Waals surface area contributed by atoms with E-state index >= 15 is 0 Å². The molecule has 3 aliphatic rings. The van der Waals surface area contributed by atoms with Gasteiger partial charge in [0.05, 0.1) is 0 Å². The standard InChI is InChI=1S/C16H22N2O/c19-10-11-9-18-8-4-3-7-14(18)16-15(11)12-5-1-2-6-13(12)17-16/h1-2,5-6,11,14-17,19H,3-4,7-10H2. The van der Waals surface area contributed by atoms with Crippen molar-refractivity contribution in [2.45, 2.75) is 37.3 Å². The third-order valence-corrected chi connectivity index (χ3v) is 5.32. The van der Waals surface area contributed by atoms with Crippen molar-refractivity contribution in [1.29, 1.82) is 0 Å². The molecule has 0 aromatic heterocycles. The molecule has 3 nitrogen and oxygen atoms in total. The van der Waals surface area contributed by atoms with E-state index in [2.05, 4.69) is 34.5 Å². The summed E-state index contributed by atoms with van der Waals surface area (Å²) in [6.07, 6.45) is 3.98. The molecule has 0 bridgehead atoms. The van der Waals surface area contributed by atoms with E-state index in [1.54, 1.807) is 0 Å². The normalized spacial score (nSPS) is 37.1. The molecule has 2 fully saturated rings. The van der Waals surface area contributed by atoms with E-state index in [4.69, 9.17) is 0 Å². The molecule has 2 N–H and O–H groups in total. The van der Waals surface area contributed by atoms with Gasteiger partial charge in [0.2, 0.25) is 0 Å². The van der Waals surface area contributed by atoms with Crippen LogP contribution in [0.1, 0.15) is 30.7 Å². The highest BCUT2D eigenvalue weighted by Crippen LogP contribution is 2.47. The van der Waals surface area contributed by atoms with Gasteiger partial charge in [0.25, 0.3) is 0 Å². The summed E-state index contributed by atoms with van der Waals surface area (Å²) in [5.41, 5.74) is 2.72. The number of hydrogen-bond donors (Lipinski definition) is 2. The number of aliphatic hydroxyl groups is 1. The van der Waals surface area contributed by atoms with E-state index in [-0.39, 0.29) is 0 Å². The zero-order chi connectivity index (χ0) is 12.8. The summed E-state index contributed by atoms with van der Waals surface area (Å²) in [6.45, 7) is 2.58. The van der Waals surface area contributed by atoms with Crippen molar-refractivity contribution in [3.8, 4) is 0 Å². The Balaban J connectivity index is 1.72. The number of benzene rings is 1. The average Bonchev–Trinajstić information content (AvgIpc) is 2.86. The van der Waals surface area contributed by atoms with Gasteiger partial charge >= 0.3 is 0 Å². The number of nitrogens with zero attached hydrogens (tertiary/aromatic N) is 1. The average molecular weight is 258 g/mol. The van der Waals surface area contributed by atoms with Crippen molar-refractivity contribution in [2.24, 2.45) is 5.92 Å². The molecule has 3 heterocycles. The van der Waals surface area contributed by atoms with Crippen LogP contribution in [0.15, 0.2) is 24.3 Å². The quantitative estimate of drug-likeness (QED) is 0.809. The van der Waals surface area contributed by atoms with Crippen LogP contribution >= 0.6 is 0 Å². The molecule has 0 radical (unpaired) electrons. The van der Waals surface area contributed by atoms with Crippen molar-refractivity contribution in [3.63, 3.8) is 0 Å². The smallest absolute Gasteiger partial charge is 0.0490 e. The highest BCUT2D eigenvalue weighted by Gasteiger charge is 2.48. The number of aliphatic hydroxyl groups excluding tert-OH is 1. The lowest BCUT2D eigenvalue weighted by Gasteiger charge is -2.49. The van der Waals surface area contributed by atoms with Crippen molar-refractivity contribution >= 4 is 5.69 Å². The molecule has 3 heteroatoms. The Labute approximate surface area is 114 Å². The van der Waals surface area contributed by atoms with Gasteiger partial charge in [-0.05, 0) is 31.0 Å². The molecule has 0 amide bonds. The number of fused-ring (bicyclic) bond motifs is 5. The molecule has 4 unspecified atom stereocenters. The van der Waals surface area contributed by atoms with Crippen LogP contribution in [0.25, 0.3) is 0 Å². The predicted octanol–water partition coefficient (Wildman–Crippen LogP) is 2.04. The van der Waals surface area contributed by atoms with Gasteiger partial charge in [0.15, 0.2) is 0 Å². The second kappa shape index (κ2) is 4.50. The van der Waals surface area contributed by atoms with Crippen LogP contribution in [0.3, 0.4) is 0 Å². The second-order valence-corrected chi connectivity index (χ2v) is 6.28. The van der Waals surface area contributed by atoms with Gasteiger partial charge in [0, 0.05) is 42.8 Å². The number of piperidine rings is 2. The number of nitrogens with one attached hydrogen (secondary N) is 1. The van der Waals surface area contributed by atoms with Crippen LogP contribution < -0.4 is 5.32 Å². The largest absolute Gasteiger partial charge is 0.396 e. The molecule has 0 spiro atoms. The number of anilines is 1. The van der Waals surface area contributed by atoms with Crippen LogP contribution in [0.5, 0.6) is 0 Å². The van der Waals surface area contributed by atoms with Crippen molar-refractivity contribution in [1.82, 2.24) is 4.90 Å². The summed E-state index contributed by atoms with van der Waals surface area (Å²) in [4.78, 5) is 2.62. The zero-order valence-electron chi connectivity index (χ0n) is 11.3. The maximum Gasteiger partial charge on any atom is 0.0490 e. The molecule has 4 atom stereocenters. The molecule has 2 saturated heterocycles. The van der Waals surface area contributed by atoms with E-state index in [1.165, 1.54) is 37.1 Å². The minimum Gasteiger partial charge on any atom is -0.396 e. The van der Waals surface area contributed by atoms with Crippen LogP contribution in [-0.4, -0.2) is 41.8 Å². The monoisotopic (exact) mass is 258 g/mol. The van der Waals surface area contributed by atoms with Gasteiger partial charge < -0.3 is 10.4 Å². The molecule has 1 aromatic carbocycles. The molecule has 3 aliphatic heterocycles. The Bertz CT molecular complexity index is 476. The molecular formula is C16H22N2O. The zero-order valence-corrected chi connectivity index (χ0v) is 11.3. The summed E-state index contributed by atoms with van der Waals surface area (Å²) in [6, 6.07) is 9.83. The van der Waals surface area contributed by atoms with Gasteiger partial charge in [-0.25, -0.2) is 0 Å². The molecular weight excluding hydrogens is 236 g/mol. The lowest BCUT2D eigenvalue weighted by Crippen LogP contribution is -2.58. The van der Waals surface area contributed by atoms with Gasteiger partial charge in [-0.2, -0.15) is 0 Å². The topological polar surface area (TPSA) is 35.5 Å². The van der Waals surface area contributed by atoms with E-state index in [1.807, 2.05) is 0 Å². The summed E-state index contributed by atoms with van der Waals surface area (Å²) in [5.74, 6) is 0.885. The molecule has 0 saturated carbocycles. The lowest BCUT2D eigenvalue weighted by molar-refractivity contribution is 0.0311.